The molecule has 1 unspecified atom stereocenters. The molecule has 1 aliphatic rings. The normalized spacial score (nSPS) is 20.8. The second-order valence-corrected chi connectivity index (χ2v) is 5.60. The summed E-state index contributed by atoms with van der Waals surface area (Å²) in [5.41, 5.74) is 1.49. The van der Waals surface area contributed by atoms with Crippen LogP contribution in [-0.2, 0) is 5.67 Å². The van der Waals surface area contributed by atoms with Crippen molar-refractivity contribution in [3.05, 3.63) is 83.7 Å². The molecule has 0 heterocycles. The summed E-state index contributed by atoms with van der Waals surface area (Å²) in [5, 5.41) is 0. The van der Waals surface area contributed by atoms with Gasteiger partial charge in [-0.05, 0) is 41.3 Å². The van der Waals surface area contributed by atoms with Crippen molar-refractivity contribution in [1.29, 1.82) is 0 Å². The van der Waals surface area contributed by atoms with Crippen LogP contribution < -0.4 is 0 Å². The lowest BCUT2D eigenvalue weighted by atomic mass is 9.82. The fourth-order valence-corrected chi connectivity index (χ4v) is 2.94. The molecule has 112 valence electrons. The van der Waals surface area contributed by atoms with Gasteiger partial charge in [-0.2, -0.15) is 0 Å². The first-order valence-electron chi connectivity index (χ1n) is 7.55. The molecule has 0 N–H and O–H groups in total. The van der Waals surface area contributed by atoms with Gasteiger partial charge in [-0.3, -0.25) is 0 Å². The molecular weight excluding hydrogens is 278 g/mol. The number of alkyl halides is 1. The Morgan fingerprint density at radius 2 is 1.91 bits per heavy atom. The lowest BCUT2D eigenvalue weighted by Crippen LogP contribution is -2.20. The van der Waals surface area contributed by atoms with Crippen LogP contribution in [0.4, 0.5) is 8.78 Å². The van der Waals surface area contributed by atoms with Crippen LogP contribution >= 0.6 is 0 Å². The van der Waals surface area contributed by atoms with Crippen molar-refractivity contribution in [3.8, 4) is 11.1 Å². The molecule has 3 rings (SSSR count). The zero-order chi connectivity index (χ0) is 15.6. The van der Waals surface area contributed by atoms with Crippen LogP contribution in [0.5, 0.6) is 0 Å². The Bertz CT molecular complexity index is 743. The Kier molecular flexibility index (Phi) is 3.93. The molecule has 0 saturated carbocycles. The first kappa shape index (κ1) is 14.7. The minimum absolute atomic E-state index is 0.308. The largest absolute Gasteiger partial charge is 0.234 e. The summed E-state index contributed by atoms with van der Waals surface area (Å²) < 4.78 is 29.1. The summed E-state index contributed by atoms with van der Waals surface area (Å²) in [4.78, 5) is 0. The maximum Gasteiger partial charge on any atom is 0.158 e. The Morgan fingerprint density at radius 3 is 2.68 bits per heavy atom. The molecule has 0 radical (unpaired) electrons. The number of hydrogen-bond acceptors (Lipinski definition) is 0. The zero-order valence-electron chi connectivity index (χ0n) is 12.5. The van der Waals surface area contributed by atoms with E-state index in [0.717, 1.165) is 17.6 Å². The van der Waals surface area contributed by atoms with E-state index in [2.05, 4.69) is 0 Å². The summed E-state index contributed by atoms with van der Waals surface area (Å²) in [7, 11) is 0. The lowest BCUT2D eigenvalue weighted by molar-refractivity contribution is 0.235. The first-order valence-corrected chi connectivity index (χ1v) is 7.55. The molecular formula is C20H18F2. The molecule has 0 bridgehead atoms. The van der Waals surface area contributed by atoms with Crippen molar-refractivity contribution < 1.29 is 8.78 Å². The fraction of sp³-hybridized carbons (Fsp3) is 0.200. The van der Waals surface area contributed by atoms with Gasteiger partial charge < -0.3 is 0 Å². The van der Waals surface area contributed by atoms with Crippen molar-refractivity contribution in [1.82, 2.24) is 0 Å². The highest BCUT2D eigenvalue weighted by Gasteiger charge is 2.32. The van der Waals surface area contributed by atoms with Crippen molar-refractivity contribution in [2.45, 2.75) is 25.4 Å². The van der Waals surface area contributed by atoms with Gasteiger partial charge >= 0.3 is 0 Å². The predicted molar refractivity (Wildman–Crippen MR) is 86.8 cm³/mol. The highest BCUT2D eigenvalue weighted by Crippen LogP contribution is 2.41. The Hall–Kier alpha value is -2.22. The van der Waals surface area contributed by atoms with Crippen molar-refractivity contribution in [2.24, 2.45) is 0 Å². The molecule has 2 heteroatoms. The number of rotatable bonds is 3. The van der Waals surface area contributed by atoms with E-state index in [4.69, 9.17) is 0 Å². The molecule has 2 aromatic carbocycles. The average molecular weight is 296 g/mol. The van der Waals surface area contributed by atoms with E-state index in [1.165, 1.54) is 12.1 Å². The van der Waals surface area contributed by atoms with E-state index >= 15 is 4.39 Å². The maximum atomic E-state index is 15.6. The zero-order valence-corrected chi connectivity index (χ0v) is 12.5. The van der Waals surface area contributed by atoms with Gasteiger partial charge in [0, 0.05) is 12.0 Å². The smallest absolute Gasteiger partial charge is 0.158 e. The van der Waals surface area contributed by atoms with E-state index < -0.39 is 5.67 Å². The third-order valence-corrected chi connectivity index (χ3v) is 4.08. The number of allylic oxidation sites excluding steroid dienone is 4. The summed E-state index contributed by atoms with van der Waals surface area (Å²) in [6.45, 7) is 2.01. The summed E-state index contributed by atoms with van der Waals surface area (Å²) in [6, 6.07) is 13.6. The average Bonchev–Trinajstić information content (AvgIpc) is 2.55. The van der Waals surface area contributed by atoms with E-state index in [1.807, 2.05) is 43.3 Å². The van der Waals surface area contributed by atoms with Crippen molar-refractivity contribution in [2.75, 3.05) is 0 Å². The third kappa shape index (κ3) is 2.74. The molecule has 0 spiro atoms. The van der Waals surface area contributed by atoms with Gasteiger partial charge in [0.25, 0.3) is 0 Å². The van der Waals surface area contributed by atoms with Gasteiger partial charge in [0.2, 0.25) is 0 Å². The van der Waals surface area contributed by atoms with Crippen molar-refractivity contribution in [3.63, 3.8) is 0 Å². The fourth-order valence-electron chi connectivity index (χ4n) is 2.94. The monoisotopic (exact) mass is 296 g/mol. The molecule has 0 saturated heterocycles. The van der Waals surface area contributed by atoms with E-state index in [-0.39, 0.29) is 5.82 Å². The topological polar surface area (TPSA) is 0 Å². The second-order valence-electron chi connectivity index (χ2n) is 5.60. The first-order chi connectivity index (χ1) is 10.6. The minimum Gasteiger partial charge on any atom is -0.234 e. The molecule has 0 aliphatic heterocycles. The van der Waals surface area contributed by atoms with E-state index in [0.29, 0.717) is 17.5 Å². The van der Waals surface area contributed by atoms with Gasteiger partial charge in [-0.1, -0.05) is 55.5 Å². The van der Waals surface area contributed by atoms with Gasteiger partial charge in [0.05, 0.1) is 0 Å². The molecule has 2 aromatic rings. The van der Waals surface area contributed by atoms with Crippen LogP contribution in [0.3, 0.4) is 0 Å². The SMILES string of the molecule is CCC1=CC(F)(c2ccccc2-c2cccc(F)c2)CC=C1. The highest BCUT2D eigenvalue weighted by atomic mass is 19.1. The third-order valence-electron chi connectivity index (χ3n) is 4.08. The minimum atomic E-state index is -1.54. The van der Waals surface area contributed by atoms with Crippen LogP contribution in [0.25, 0.3) is 11.1 Å². The van der Waals surface area contributed by atoms with E-state index in [9.17, 15) is 4.39 Å². The van der Waals surface area contributed by atoms with Crippen LogP contribution in [0.2, 0.25) is 0 Å². The molecule has 0 aromatic heterocycles. The second kappa shape index (κ2) is 5.88. The predicted octanol–water partition coefficient (Wildman–Crippen LogP) is 5.95. The van der Waals surface area contributed by atoms with Gasteiger partial charge in [0.1, 0.15) is 5.82 Å². The number of benzene rings is 2. The van der Waals surface area contributed by atoms with Gasteiger partial charge in [0.15, 0.2) is 5.67 Å². The van der Waals surface area contributed by atoms with Gasteiger partial charge in [-0.25, -0.2) is 8.78 Å². The molecule has 1 aliphatic carbocycles. The highest BCUT2D eigenvalue weighted by molar-refractivity contribution is 5.69. The summed E-state index contributed by atoms with van der Waals surface area (Å²) >= 11 is 0. The van der Waals surface area contributed by atoms with Gasteiger partial charge in [-0.15, -0.1) is 0 Å². The summed E-state index contributed by atoms with van der Waals surface area (Å²) in [5.74, 6) is -0.312. The molecule has 0 fully saturated rings. The Labute approximate surface area is 129 Å². The lowest BCUT2D eigenvalue weighted by Gasteiger charge is -2.27. The molecule has 22 heavy (non-hydrogen) atoms. The quantitative estimate of drug-likeness (QED) is 0.656. The number of halogens is 2. The van der Waals surface area contributed by atoms with Crippen molar-refractivity contribution >= 4 is 0 Å². The molecule has 1 atom stereocenters. The molecule has 0 amide bonds. The standard InChI is InChI=1S/C20H18F2/c1-2-15-7-6-12-20(22,14-15)19-11-4-3-10-18(19)16-8-5-9-17(21)13-16/h3-11,13-14H,2,12H2,1H3. The summed E-state index contributed by atoms with van der Waals surface area (Å²) in [6.07, 6.45) is 6.65. The van der Waals surface area contributed by atoms with Crippen LogP contribution in [0.15, 0.2) is 72.3 Å². The maximum absolute atomic E-state index is 15.6. The van der Waals surface area contributed by atoms with Crippen LogP contribution in [0, 0.1) is 5.82 Å². The Morgan fingerprint density at radius 1 is 1.09 bits per heavy atom. The van der Waals surface area contributed by atoms with Crippen LogP contribution in [-0.4, -0.2) is 0 Å². The number of hydrogen-bond donors (Lipinski definition) is 0. The Balaban J connectivity index is 2.13. The van der Waals surface area contributed by atoms with E-state index in [1.54, 1.807) is 18.2 Å². The molecule has 0 nitrogen and oxygen atoms in total. The van der Waals surface area contributed by atoms with Crippen LogP contribution in [0.1, 0.15) is 25.3 Å².